The van der Waals surface area contributed by atoms with Gasteiger partial charge in [-0.25, -0.2) is 14.8 Å². The molecule has 1 N–H and O–H groups in total. The number of ether oxygens (including phenoxy) is 2. The molecule has 4 rings (SSSR count). The van der Waals surface area contributed by atoms with E-state index in [1.54, 1.807) is 0 Å². The Kier molecular flexibility index (Phi) is 6.17. The molecule has 0 atom stereocenters. The van der Waals surface area contributed by atoms with Gasteiger partial charge in [-0.2, -0.15) is 0 Å². The second-order valence-corrected chi connectivity index (χ2v) is 9.45. The van der Waals surface area contributed by atoms with Crippen LogP contribution in [0.3, 0.4) is 0 Å². The number of nitrogens with one attached hydrogen (secondary N) is 1. The van der Waals surface area contributed by atoms with Gasteiger partial charge in [-0.15, -0.1) is 0 Å². The quantitative estimate of drug-likeness (QED) is 0.717. The van der Waals surface area contributed by atoms with Crippen molar-refractivity contribution < 1.29 is 14.3 Å². The number of fused-ring (bicyclic) bond motifs is 3. The number of rotatable bonds is 4. The summed E-state index contributed by atoms with van der Waals surface area (Å²) in [6.07, 6.45) is 2.53. The molecular formula is C20H29BrN6O3. The number of halogens is 1. The number of carbonyl (C=O) groups excluding carboxylic acids is 1. The fourth-order valence-corrected chi connectivity index (χ4v) is 4.22. The van der Waals surface area contributed by atoms with Gasteiger partial charge in [0.05, 0.1) is 18.9 Å². The van der Waals surface area contributed by atoms with Gasteiger partial charge in [-0.1, -0.05) is 0 Å². The van der Waals surface area contributed by atoms with E-state index in [1.807, 2.05) is 27.0 Å². The third-order valence-electron chi connectivity index (χ3n) is 5.19. The molecule has 2 aromatic rings. The second-order valence-electron chi connectivity index (χ2n) is 8.64. The summed E-state index contributed by atoms with van der Waals surface area (Å²) in [5.41, 5.74) is 2.73. The normalized spacial score (nSPS) is 17.8. The van der Waals surface area contributed by atoms with Crippen LogP contribution in [0.1, 0.15) is 32.2 Å². The predicted octanol–water partition coefficient (Wildman–Crippen LogP) is 2.21. The van der Waals surface area contributed by atoms with E-state index in [2.05, 4.69) is 35.4 Å². The summed E-state index contributed by atoms with van der Waals surface area (Å²) < 4.78 is 13.8. The first kappa shape index (κ1) is 21.3. The average Bonchev–Trinajstić information content (AvgIpc) is 3.04. The molecule has 0 unspecified atom stereocenters. The molecule has 1 fully saturated rings. The molecule has 0 aliphatic carbocycles. The van der Waals surface area contributed by atoms with E-state index >= 15 is 0 Å². The van der Waals surface area contributed by atoms with Crippen molar-refractivity contribution in [3.8, 4) is 0 Å². The first-order valence-corrected chi connectivity index (χ1v) is 11.2. The molecule has 0 spiro atoms. The van der Waals surface area contributed by atoms with Gasteiger partial charge in [-0.3, -0.25) is 9.30 Å². The smallest absolute Gasteiger partial charge is 0.407 e. The molecule has 164 valence electrons. The van der Waals surface area contributed by atoms with Gasteiger partial charge in [-0.05, 0) is 36.7 Å². The van der Waals surface area contributed by atoms with Crippen molar-refractivity contribution in [3.05, 3.63) is 22.2 Å². The van der Waals surface area contributed by atoms with Crippen LogP contribution >= 0.6 is 15.9 Å². The van der Waals surface area contributed by atoms with E-state index < -0.39 is 5.60 Å². The summed E-state index contributed by atoms with van der Waals surface area (Å²) in [6.45, 7) is 11.6. The summed E-state index contributed by atoms with van der Waals surface area (Å²) in [7, 11) is 0. The number of alkyl carbamates (subject to hydrolysis) is 1. The first-order chi connectivity index (χ1) is 14.3. The van der Waals surface area contributed by atoms with Crippen molar-refractivity contribution in [1.82, 2.24) is 24.6 Å². The number of anilines is 1. The molecule has 4 heterocycles. The number of morpholine rings is 1. The van der Waals surface area contributed by atoms with E-state index in [1.165, 1.54) is 5.69 Å². The van der Waals surface area contributed by atoms with Gasteiger partial charge in [0.25, 0.3) is 0 Å². The number of hydrogen-bond donors (Lipinski definition) is 1. The number of hydrogen-bond acceptors (Lipinski definition) is 7. The van der Waals surface area contributed by atoms with E-state index in [0.717, 1.165) is 60.9 Å². The molecule has 2 aromatic heterocycles. The molecule has 0 radical (unpaired) electrons. The van der Waals surface area contributed by atoms with E-state index in [0.29, 0.717) is 19.8 Å². The second kappa shape index (κ2) is 8.68. The fourth-order valence-electron chi connectivity index (χ4n) is 3.85. The largest absolute Gasteiger partial charge is 0.444 e. The molecular weight excluding hydrogens is 452 g/mol. The van der Waals surface area contributed by atoms with Crippen LogP contribution in [-0.2, 0) is 22.4 Å². The Balaban J connectivity index is 1.45. The topological polar surface area (TPSA) is 84.2 Å². The van der Waals surface area contributed by atoms with Crippen molar-refractivity contribution in [2.45, 2.75) is 39.3 Å². The fraction of sp³-hybridized carbons (Fsp3) is 0.650. The van der Waals surface area contributed by atoms with Crippen molar-refractivity contribution >= 4 is 33.5 Å². The maximum absolute atomic E-state index is 11.8. The zero-order valence-corrected chi connectivity index (χ0v) is 19.4. The lowest BCUT2D eigenvalue weighted by molar-refractivity contribution is 0.0521. The predicted molar refractivity (Wildman–Crippen MR) is 117 cm³/mol. The molecule has 0 aromatic carbocycles. The third kappa shape index (κ3) is 4.87. The van der Waals surface area contributed by atoms with Crippen molar-refractivity contribution in [2.75, 3.05) is 50.8 Å². The number of carbonyl (C=O) groups is 1. The summed E-state index contributed by atoms with van der Waals surface area (Å²) in [5, 5.41) is 2.83. The van der Waals surface area contributed by atoms with Crippen LogP contribution in [0.15, 0.2) is 10.8 Å². The Hall–Kier alpha value is -1.91. The Morgan fingerprint density at radius 3 is 2.77 bits per heavy atom. The summed E-state index contributed by atoms with van der Waals surface area (Å²) in [5.74, 6) is 0.903. The highest BCUT2D eigenvalue weighted by atomic mass is 79.9. The molecule has 1 amide bonds. The maximum atomic E-state index is 11.8. The number of imidazole rings is 1. The van der Waals surface area contributed by atoms with Crippen LogP contribution in [-0.4, -0.2) is 76.9 Å². The number of amides is 1. The highest BCUT2D eigenvalue weighted by Gasteiger charge is 2.25. The molecule has 0 saturated carbocycles. The molecule has 9 nitrogen and oxygen atoms in total. The van der Waals surface area contributed by atoms with Gasteiger partial charge >= 0.3 is 6.09 Å². The standard InChI is InChI=1S/C20H29BrN6O3/c1-20(2,3)30-19(28)22-5-7-25-6-4-15-14(12-25)23-18-17(24-16(21)13-27(15)18)26-8-10-29-11-9-26/h13H,4-12H2,1-3H3,(H,22,28). The highest BCUT2D eigenvalue weighted by Crippen LogP contribution is 2.28. The Labute approximate surface area is 184 Å². The molecule has 1 saturated heterocycles. The zero-order chi connectivity index (χ0) is 21.3. The summed E-state index contributed by atoms with van der Waals surface area (Å²) in [4.78, 5) is 26.1. The molecule has 0 bridgehead atoms. The van der Waals surface area contributed by atoms with Crippen molar-refractivity contribution in [1.29, 1.82) is 0 Å². The lowest BCUT2D eigenvalue weighted by atomic mass is 10.1. The van der Waals surface area contributed by atoms with Crippen LogP contribution in [0.25, 0.3) is 5.65 Å². The molecule has 2 aliphatic rings. The average molecular weight is 481 g/mol. The van der Waals surface area contributed by atoms with Gasteiger partial charge in [0.15, 0.2) is 11.5 Å². The summed E-state index contributed by atoms with van der Waals surface area (Å²) >= 11 is 3.56. The van der Waals surface area contributed by atoms with Crippen LogP contribution in [0.4, 0.5) is 10.6 Å². The zero-order valence-electron chi connectivity index (χ0n) is 17.8. The Bertz CT molecular complexity index is 919. The molecule has 30 heavy (non-hydrogen) atoms. The minimum atomic E-state index is -0.485. The van der Waals surface area contributed by atoms with E-state index in [9.17, 15) is 4.79 Å². The van der Waals surface area contributed by atoms with Crippen LogP contribution in [0.2, 0.25) is 0 Å². The van der Waals surface area contributed by atoms with Crippen LogP contribution < -0.4 is 10.2 Å². The van der Waals surface area contributed by atoms with E-state index in [-0.39, 0.29) is 6.09 Å². The van der Waals surface area contributed by atoms with Crippen molar-refractivity contribution in [3.63, 3.8) is 0 Å². The van der Waals surface area contributed by atoms with Gasteiger partial charge in [0.1, 0.15) is 10.2 Å². The van der Waals surface area contributed by atoms with Crippen molar-refractivity contribution in [2.24, 2.45) is 0 Å². The Morgan fingerprint density at radius 2 is 2.03 bits per heavy atom. The third-order valence-corrected chi connectivity index (χ3v) is 5.57. The lowest BCUT2D eigenvalue weighted by Crippen LogP contribution is -2.39. The molecule has 10 heteroatoms. The maximum Gasteiger partial charge on any atom is 0.407 e. The van der Waals surface area contributed by atoms with Gasteiger partial charge in [0, 0.05) is 57.6 Å². The SMILES string of the molecule is CC(C)(C)OC(=O)NCCN1CCc2c(nc3c(N4CCOCC4)nc(Br)cn23)C1. The Morgan fingerprint density at radius 1 is 1.27 bits per heavy atom. The highest BCUT2D eigenvalue weighted by molar-refractivity contribution is 9.10. The van der Waals surface area contributed by atoms with Gasteiger partial charge in [0.2, 0.25) is 0 Å². The minimum absolute atomic E-state index is 0.376. The number of nitrogens with zero attached hydrogens (tertiary/aromatic N) is 5. The van der Waals surface area contributed by atoms with Crippen LogP contribution in [0, 0.1) is 0 Å². The monoisotopic (exact) mass is 480 g/mol. The van der Waals surface area contributed by atoms with Gasteiger partial charge < -0.3 is 19.7 Å². The number of aromatic nitrogens is 3. The van der Waals surface area contributed by atoms with E-state index in [4.69, 9.17) is 19.4 Å². The first-order valence-electron chi connectivity index (χ1n) is 10.4. The summed E-state index contributed by atoms with van der Waals surface area (Å²) in [6, 6.07) is 0. The lowest BCUT2D eigenvalue weighted by Gasteiger charge is -2.28. The van der Waals surface area contributed by atoms with Crippen LogP contribution in [0.5, 0.6) is 0 Å². The minimum Gasteiger partial charge on any atom is -0.444 e. The molecule has 2 aliphatic heterocycles.